The van der Waals surface area contributed by atoms with Gasteiger partial charge in [0, 0.05) is 0 Å². The maximum absolute atomic E-state index is 11.4. The quantitative estimate of drug-likeness (QED) is 0.757. The number of ether oxygens (including phenoxy) is 1. The smallest absolute Gasteiger partial charge is 0.311 e. The Labute approximate surface area is 99.7 Å². The van der Waals surface area contributed by atoms with Crippen molar-refractivity contribution in [2.45, 2.75) is 20.3 Å². The molecular formula is C13H14N2O2. The Morgan fingerprint density at radius 1 is 1.24 bits per heavy atom. The van der Waals surface area contributed by atoms with Gasteiger partial charge < -0.3 is 4.74 Å². The molecular weight excluding hydrogens is 216 g/mol. The Kier molecular flexibility index (Phi) is 3.32. The molecule has 0 aliphatic rings. The minimum absolute atomic E-state index is 0.178. The van der Waals surface area contributed by atoms with Gasteiger partial charge in [-0.2, -0.15) is 0 Å². The molecule has 0 aliphatic carbocycles. The molecule has 0 radical (unpaired) electrons. The van der Waals surface area contributed by atoms with Crippen LogP contribution >= 0.6 is 0 Å². The fourth-order valence-electron chi connectivity index (χ4n) is 1.64. The van der Waals surface area contributed by atoms with Crippen molar-refractivity contribution in [3.63, 3.8) is 0 Å². The molecule has 88 valence electrons. The van der Waals surface area contributed by atoms with E-state index >= 15 is 0 Å². The Morgan fingerprint density at radius 3 is 2.53 bits per heavy atom. The molecule has 0 amide bonds. The lowest BCUT2D eigenvalue weighted by Crippen LogP contribution is -2.10. The lowest BCUT2D eigenvalue weighted by molar-refractivity contribution is -0.142. The number of fused-ring (bicyclic) bond motifs is 1. The molecule has 0 fully saturated rings. The highest BCUT2D eigenvalue weighted by Gasteiger charge is 2.10. The van der Waals surface area contributed by atoms with Crippen LogP contribution in [0.2, 0.25) is 0 Å². The SMILES string of the molecule is CCOC(=O)Cc1nc2ccccc2nc1C. The van der Waals surface area contributed by atoms with Crippen LogP contribution < -0.4 is 0 Å². The molecule has 0 saturated heterocycles. The monoisotopic (exact) mass is 230 g/mol. The molecule has 0 saturated carbocycles. The number of carbonyl (C=O) groups excluding carboxylic acids is 1. The van der Waals surface area contributed by atoms with Crippen LogP contribution in [0.15, 0.2) is 24.3 Å². The molecule has 2 rings (SSSR count). The summed E-state index contributed by atoms with van der Waals surface area (Å²) < 4.78 is 4.91. The molecule has 1 aromatic heterocycles. The third-order valence-electron chi connectivity index (χ3n) is 2.46. The fourth-order valence-corrected chi connectivity index (χ4v) is 1.64. The van der Waals surface area contributed by atoms with Crippen molar-refractivity contribution in [3.8, 4) is 0 Å². The number of aromatic nitrogens is 2. The van der Waals surface area contributed by atoms with Crippen LogP contribution in [-0.2, 0) is 16.0 Å². The van der Waals surface area contributed by atoms with Crippen molar-refractivity contribution in [1.82, 2.24) is 9.97 Å². The molecule has 1 aromatic carbocycles. The highest BCUT2D eigenvalue weighted by Crippen LogP contribution is 2.12. The zero-order chi connectivity index (χ0) is 12.3. The topological polar surface area (TPSA) is 52.1 Å². The number of carbonyl (C=O) groups is 1. The van der Waals surface area contributed by atoms with Gasteiger partial charge in [-0.1, -0.05) is 12.1 Å². The highest BCUT2D eigenvalue weighted by atomic mass is 16.5. The summed E-state index contributed by atoms with van der Waals surface area (Å²) in [6.07, 6.45) is 0.178. The van der Waals surface area contributed by atoms with Gasteiger partial charge in [0.25, 0.3) is 0 Å². The van der Waals surface area contributed by atoms with Gasteiger partial charge in [-0.15, -0.1) is 0 Å². The Hall–Kier alpha value is -1.97. The van der Waals surface area contributed by atoms with Crippen LogP contribution in [-0.4, -0.2) is 22.5 Å². The van der Waals surface area contributed by atoms with E-state index in [-0.39, 0.29) is 12.4 Å². The summed E-state index contributed by atoms with van der Waals surface area (Å²) in [4.78, 5) is 20.3. The second kappa shape index (κ2) is 4.91. The van der Waals surface area contributed by atoms with Crippen molar-refractivity contribution in [1.29, 1.82) is 0 Å². The zero-order valence-corrected chi connectivity index (χ0v) is 9.93. The van der Waals surface area contributed by atoms with Gasteiger partial charge in [-0.25, -0.2) is 9.97 Å². The molecule has 2 aromatic rings. The minimum atomic E-state index is -0.264. The summed E-state index contributed by atoms with van der Waals surface area (Å²) in [5.74, 6) is -0.264. The van der Waals surface area contributed by atoms with Crippen LogP contribution in [0, 0.1) is 6.92 Å². The summed E-state index contributed by atoms with van der Waals surface area (Å²) in [7, 11) is 0. The third kappa shape index (κ3) is 2.58. The van der Waals surface area contributed by atoms with Crippen molar-refractivity contribution >= 4 is 17.0 Å². The molecule has 0 N–H and O–H groups in total. The first-order valence-corrected chi connectivity index (χ1v) is 5.58. The second-order valence-electron chi connectivity index (χ2n) is 3.73. The van der Waals surface area contributed by atoms with Crippen molar-refractivity contribution in [2.75, 3.05) is 6.61 Å². The van der Waals surface area contributed by atoms with Gasteiger partial charge in [0.2, 0.25) is 0 Å². The second-order valence-corrected chi connectivity index (χ2v) is 3.73. The number of para-hydroxylation sites is 2. The van der Waals surface area contributed by atoms with Gasteiger partial charge in [0.1, 0.15) is 0 Å². The van der Waals surface area contributed by atoms with E-state index in [4.69, 9.17) is 4.74 Å². The summed E-state index contributed by atoms with van der Waals surface area (Å²) in [5, 5.41) is 0. The molecule has 1 heterocycles. The lowest BCUT2D eigenvalue weighted by Gasteiger charge is -2.06. The van der Waals surface area contributed by atoms with E-state index in [1.54, 1.807) is 6.92 Å². The molecule has 4 heteroatoms. The number of aryl methyl sites for hydroxylation is 1. The van der Waals surface area contributed by atoms with Crippen molar-refractivity contribution in [3.05, 3.63) is 35.7 Å². The molecule has 0 atom stereocenters. The van der Waals surface area contributed by atoms with Gasteiger partial charge in [-0.05, 0) is 26.0 Å². The fraction of sp³-hybridized carbons (Fsp3) is 0.308. The Bertz CT molecular complexity index is 552. The summed E-state index contributed by atoms with van der Waals surface area (Å²) in [6, 6.07) is 7.61. The summed E-state index contributed by atoms with van der Waals surface area (Å²) >= 11 is 0. The third-order valence-corrected chi connectivity index (χ3v) is 2.46. The molecule has 0 bridgehead atoms. The average molecular weight is 230 g/mol. The summed E-state index contributed by atoms with van der Waals surface area (Å²) in [5.41, 5.74) is 3.11. The first-order chi connectivity index (χ1) is 8.20. The summed E-state index contributed by atoms with van der Waals surface area (Å²) in [6.45, 7) is 4.03. The van der Waals surface area contributed by atoms with Gasteiger partial charge >= 0.3 is 5.97 Å². The number of esters is 1. The molecule has 0 spiro atoms. The number of nitrogens with zero attached hydrogens (tertiary/aromatic N) is 2. The van der Waals surface area contributed by atoms with Crippen LogP contribution in [0.5, 0.6) is 0 Å². The average Bonchev–Trinajstić information content (AvgIpc) is 2.30. The standard InChI is InChI=1S/C13H14N2O2/c1-3-17-13(16)8-12-9(2)14-10-6-4-5-7-11(10)15-12/h4-7H,3,8H2,1-2H3. The molecule has 17 heavy (non-hydrogen) atoms. The van der Waals surface area contributed by atoms with E-state index in [1.165, 1.54) is 0 Å². The Morgan fingerprint density at radius 2 is 1.88 bits per heavy atom. The number of hydrogen-bond donors (Lipinski definition) is 0. The van der Waals surface area contributed by atoms with Crippen LogP contribution in [0.25, 0.3) is 11.0 Å². The van der Waals surface area contributed by atoms with Gasteiger partial charge in [-0.3, -0.25) is 4.79 Å². The first-order valence-electron chi connectivity index (χ1n) is 5.58. The van der Waals surface area contributed by atoms with E-state index in [0.717, 1.165) is 16.7 Å². The Balaban J connectivity index is 2.34. The lowest BCUT2D eigenvalue weighted by atomic mass is 10.2. The van der Waals surface area contributed by atoms with Gasteiger partial charge in [0.05, 0.1) is 35.4 Å². The van der Waals surface area contributed by atoms with Crippen LogP contribution in [0.1, 0.15) is 18.3 Å². The minimum Gasteiger partial charge on any atom is -0.466 e. The highest BCUT2D eigenvalue weighted by molar-refractivity contribution is 5.76. The van der Waals surface area contributed by atoms with Crippen molar-refractivity contribution < 1.29 is 9.53 Å². The van der Waals surface area contributed by atoms with Crippen LogP contribution in [0.3, 0.4) is 0 Å². The van der Waals surface area contributed by atoms with E-state index in [1.807, 2.05) is 31.2 Å². The van der Waals surface area contributed by atoms with E-state index in [0.29, 0.717) is 12.3 Å². The van der Waals surface area contributed by atoms with Gasteiger partial charge in [0.15, 0.2) is 0 Å². The zero-order valence-electron chi connectivity index (χ0n) is 9.93. The normalized spacial score (nSPS) is 10.5. The number of benzene rings is 1. The molecule has 0 unspecified atom stereocenters. The largest absolute Gasteiger partial charge is 0.466 e. The maximum Gasteiger partial charge on any atom is 0.311 e. The predicted octanol–water partition coefficient (Wildman–Crippen LogP) is 2.04. The van der Waals surface area contributed by atoms with Crippen molar-refractivity contribution in [2.24, 2.45) is 0 Å². The number of hydrogen-bond acceptors (Lipinski definition) is 4. The predicted molar refractivity (Wildman–Crippen MR) is 64.6 cm³/mol. The molecule has 0 aliphatic heterocycles. The number of rotatable bonds is 3. The maximum atomic E-state index is 11.4. The molecule has 4 nitrogen and oxygen atoms in total. The van der Waals surface area contributed by atoms with E-state index in [2.05, 4.69) is 9.97 Å². The van der Waals surface area contributed by atoms with Crippen LogP contribution in [0.4, 0.5) is 0 Å². The van der Waals surface area contributed by atoms with E-state index < -0.39 is 0 Å². The van der Waals surface area contributed by atoms with E-state index in [9.17, 15) is 4.79 Å². The first kappa shape index (κ1) is 11.5.